The van der Waals surface area contributed by atoms with Gasteiger partial charge in [0.2, 0.25) is 5.91 Å². The molecule has 1 amide bonds. The topological polar surface area (TPSA) is 64.4 Å². The third-order valence-electron chi connectivity index (χ3n) is 4.25. The van der Waals surface area contributed by atoms with Crippen LogP contribution in [0.3, 0.4) is 0 Å². The number of benzene rings is 2. The van der Waals surface area contributed by atoms with Crippen molar-refractivity contribution in [3.63, 3.8) is 0 Å². The summed E-state index contributed by atoms with van der Waals surface area (Å²) in [5, 5.41) is 2.92. The summed E-state index contributed by atoms with van der Waals surface area (Å²) < 4.78 is 19.0. The molecule has 5 heteroatoms. The van der Waals surface area contributed by atoms with Crippen molar-refractivity contribution in [3.8, 4) is 11.5 Å². The highest BCUT2D eigenvalue weighted by Crippen LogP contribution is 2.31. The van der Waals surface area contributed by atoms with Gasteiger partial charge in [-0.1, -0.05) is 24.6 Å². The Morgan fingerprint density at radius 3 is 2.79 bits per heavy atom. The molecule has 1 aliphatic carbocycles. The smallest absolute Gasteiger partial charge is 0.227 e. The molecule has 1 fully saturated rings. The molecule has 3 N–H and O–H groups in total. The Labute approximate surface area is 140 Å². The van der Waals surface area contributed by atoms with E-state index in [0.29, 0.717) is 23.6 Å². The summed E-state index contributed by atoms with van der Waals surface area (Å²) in [6.45, 7) is 0. The van der Waals surface area contributed by atoms with Crippen molar-refractivity contribution in [2.75, 3.05) is 5.32 Å². The molecule has 0 heterocycles. The number of hydrogen-bond donors (Lipinski definition) is 2. The minimum atomic E-state index is -0.370. The molecule has 24 heavy (non-hydrogen) atoms. The zero-order valence-corrected chi connectivity index (χ0v) is 13.4. The van der Waals surface area contributed by atoms with E-state index in [1.54, 1.807) is 30.3 Å². The van der Waals surface area contributed by atoms with Gasteiger partial charge in [-0.2, -0.15) is 0 Å². The minimum Gasteiger partial charge on any atom is -0.455 e. The molecule has 2 aromatic carbocycles. The van der Waals surface area contributed by atoms with E-state index in [9.17, 15) is 9.18 Å². The molecular weight excluding hydrogens is 307 g/mol. The predicted octanol–water partition coefficient (Wildman–Crippen LogP) is 4.07. The molecular formula is C19H21FN2O2. The second-order valence-electron chi connectivity index (χ2n) is 6.17. The number of nitrogens with one attached hydrogen (secondary N) is 1. The van der Waals surface area contributed by atoms with Crippen LogP contribution < -0.4 is 15.8 Å². The van der Waals surface area contributed by atoms with E-state index in [4.69, 9.17) is 10.5 Å². The van der Waals surface area contributed by atoms with Crippen LogP contribution in [0.15, 0.2) is 48.5 Å². The van der Waals surface area contributed by atoms with E-state index < -0.39 is 0 Å². The van der Waals surface area contributed by atoms with Crippen LogP contribution in [-0.2, 0) is 4.79 Å². The molecule has 2 unspecified atom stereocenters. The second kappa shape index (κ2) is 7.45. The van der Waals surface area contributed by atoms with Crippen LogP contribution in [0.25, 0.3) is 0 Å². The first-order valence-corrected chi connectivity index (χ1v) is 8.21. The lowest BCUT2D eigenvalue weighted by Gasteiger charge is -2.26. The Bertz CT molecular complexity index is 720. The van der Waals surface area contributed by atoms with Crippen LogP contribution in [0, 0.1) is 11.7 Å². The normalized spacial score (nSPS) is 20.4. The van der Waals surface area contributed by atoms with E-state index in [1.807, 2.05) is 6.07 Å². The highest BCUT2D eigenvalue weighted by molar-refractivity contribution is 5.94. The van der Waals surface area contributed by atoms with Gasteiger partial charge in [0.15, 0.2) is 5.75 Å². The maximum absolute atomic E-state index is 13.3. The second-order valence-corrected chi connectivity index (χ2v) is 6.17. The van der Waals surface area contributed by atoms with Crippen molar-refractivity contribution < 1.29 is 13.9 Å². The van der Waals surface area contributed by atoms with E-state index >= 15 is 0 Å². The van der Waals surface area contributed by atoms with Crippen molar-refractivity contribution in [3.05, 3.63) is 54.3 Å². The lowest BCUT2D eigenvalue weighted by atomic mass is 9.85. The van der Waals surface area contributed by atoms with Crippen LogP contribution in [0.4, 0.5) is 10.1 Å². The number of anilines is 1. The summed E-state index contributed by atoms with van der Waals surface area (Å²) in [6, 6.07) is 13.1. The third-order valence-corrected chi connectivity index (χ3v) is 4.25. The highest BCUT2D eigenvalue weighted by atomic mass is 19.1. The minimum absolute atomic E-state index is 0.0413. The van der Waals surface area contributed by atoms with Crippen molar-refractivity contribution in [1.82, 2.24) is 0 Å². The fourth-order valence-corrected chi connectivity index (χ4v) is 3.02. The van der Waals surface area contributed by atoms with Crippen LogP contribution in [0.5, 0.6) is 11.5 Å². The molecule has 126 valence electrons. The lowest BCUT2D eigenvalue weighted by molar-refractivity contribution is -0.120. The third kappa shape index (κ3) is 4.11. The SMILES string of the molecule is NC1CCCC(C(=O)Nc2ccccc2Oc2cccc(F)c2)C1. The van der Waals surface area contributed by atoms with Gasteiger partial charge in [-0.15, -0.1) is 0 Å². The molecule has 2 aromatic rings. The van der Waals surface area contributed by atoms with Crippen LogP contribution in [-0.4, -0.2) is 11.9 Å². The zero-order chi connectivity index (χ0) is 16.9. The summed E-state index contributed by atoms with van der Waals surface area (Å²) in [5.41, 5.74) is 6.54. The van der Waals surface area contributed by atoms with Crippen molar-refractivity contribution in [2.45, 2.75) is 31.7 Å². The zero-order valence-electron chi connectivity index (χ0n) is 13.4. The van der Waals surface area contributed by atoms with Gasteiger partial charge in [0.05, 0.1) is 5.69 Å². The number of carbonyl (C=O) groups excluding carboxylic acids is 1. The summed E-state index contributed by atoms with van der Waals surface area (Å²) >= 11 is 0. The van der Waals surface area contributed by atoms with Gasteiger partial charge in [-0.25, -0.2) is 4.39 Å². The molecule has 0 radical (unpaired) electrons. The van der Waals surface area contributed by atoms with E-state index in [-0.39, 0.29) is 23.7 Å². The van der Waals surface area contributed by atoms with Crippen LogP contribution in [0.2, 0.25) is 0 Å². The molecule has 2 atom stereocenters. The largest absolute Gasteiger partial charge is 0.455 e. The molecule has 0 bridgehead atoms. The van der Waals surface area contributed by atoms with E-state index in [1.165, 1.54) is 12.1 Å². The Balaban J connectivity index is 1.73. The summed E-state index contributed by atoms with van der Waals surface area (Å²) in [5.74, 6) is 0.384. The fraction of sp³-hybridized carbons (Fsp3) is 0.316. The number of rotatable bonds is 4. The van der Waals surface area contributed by atoms with E-state index in [2.05, 4.69) is 5.32 Å². The molecule has 3 rings (SSSR count). The number of nitrogens with two attached hydrogens (primary N) is 1. The van der Waals surface area contributed by atoms with Crippen molar-refractivity contribution in [1.29, 1.82) is 0 Å². The number of para-hydroxylation sites is 2. The fourth-order valence-electron chi connectivity index (χ4n) is 3.02. The first-order valence-electron chi connectivity index (χ1n) is 8.21. The number of hydrogen-bond acceptors (Lipinski definition) is 3. The monoisotopic (exact) mass is 328 g/mol. The first kappa shape index (κ1) is 16.5. The Kier molecular flexibility index (Phi) is 5.11. The van der Waals surface area contributed by atoms with Gasteiger partial charge in [0, 0.05) is 18.0 Å². The Morgan fingerprint density at radius 2 is 2.00 bits per heavy atom. The molecule has 0 saturated heterocycles. The number of ether oxygens (including phenoxy) is 1. The average molecular weight is 328 g/mol. The molecule has 4 nitrogen and oxygen atoms in total. The standard InChI is InChI=1S/C19H21FN2O2/c20-14-6-4-8-16(12-14)24-18-10-2-1-9-17(18)22-19(23)13-5-3-7-15(21)11-13/h1-2,4,6,8-10,12-13,15H,3,5,7,11,21H2,(H,22,23). The van der Waals surface area contributed by atoms with Crippen molar-refractivity contribution >= 4 is 11.6 Å². The maximum Gasteiger partial charge on any atom is 0.227 e. The quantitative estimate of drug-likeness (QED) is 0.889. The number of carbonyl (C=O) groups is 1. The maximum atomic E-state index is 13.3. The molecule has 1 aliphatic rings. The summed E-state index contributed by atoms with van der Waals surface area (Å²) in [6.07, 6.45) is 3.51. The predicted molar refractivity (Wildman–Crippen MR) is 91.5 cm³/mol. The van der Waals surface area contributed by atoms with E-state index in [0.717, 1.165) is 19.3 Å². The summed E-state index contributed by atoms with van der Waals surface area (Å²) in [4.78, 5) is 12.5. The Morgan fingerprint density at radius 1 is 1.17 bits per heavy atom. The molecule has 0 spiro atoms. The Hall–Kier alpha value is -2.40. The summed E-state index contributed by atoms with van der Waals surface area (Å²) in [7, 11) is 0. The van der Waals surface area contributed by atoms with Crippen molar-refractivity contribution in [2.24, 2.45) is 11.7 Å². The van der Waals surface area contributed by atoms with Gasteiger partial charge in [-0.3, -0.25) is 4.79 Å². The van der Waals surface area contributed by atoms with Gasteiger partial charge < -0.3 is 15.8 Å². The lowest BCUT2D eigenvalue weighted by Crippen LogP contribution is -2.34. The average Bonchev–Trinajstić information content (AvgIpc) is 2.57. The molecule has 0 aliphatic heterocycles. The number of amides is 1. The van der Waals surface area contributed by atoms with Gasteiger partial charge in [0.25, 0.3) is 0 Å². The van der Waals surface area contributed by atoms with Gasteiger partial charge >= 0.3 is 0 Å². The van der Waals surface area contributed by atoms with Crippen LogP contribution >= 0.6 is 0 Å². The highest BCUT2D eigenvalue weighted by Gasteiger charge is 2.25. The van der Waals surface area contributed by atoms with Crippen LogP contribution in [0.1, 0.15) is 25.7 Å². The molecule has 1 saturated carbocycles. The van der Waals surface area contributed by atoms with Gasteiger partial charge in [0.1, 0.15) is 11.6 Å². The first-order chi connectivity index (χ1) is 11.6. The van der Waals surface area contributed by atoms with Gasteiger partial charge in [-0.05, 0) is 43.5 Å². The number of halogens is 1. The molecule has 0 aromatic heterocycles.